The van der Waals surface area contributed by atoms with Crippen molar-refractivity contribution in [3.8, 4) is 17.1 Å². The predicted octanol–water partition coefficient (Wildman–Crippen LogP) is 3.64. The number of ether oxygens (including phenoxy) is 1. The van der Waals surface area contributed by atoms with Crippen molar-refractivity contribution in [3.63, 3.8) is 0 Å². The van der Waals surface area contributed by atoms with Gasteiger partial charge in [-0.15, -0.1) is 0 Å². The molecule has 1 N–H and O–H groups in total. The van der Waals surface area contributed by atoms with Gasteiger partial charge in [0.05, 0.1) is 0 Å². The number of aliphatic hydroxyl groups excluding tert-OH is 1. The Hall–Kier alpha value is -3.50. The molecule has 2 aromatic heterocycles. The predicted molar refractivity (Wildman–Crippen MR) is 128 cm³/mol. The number of hydrogen-bond acceptors (Lipinski definition) is 5. The number of aromatic nitrogens is 4. The fourth-order valence-corrected chi connectivity index (χ4v) is 3.98. The molecule has 2 aromatic carbocycles. The highest BCUT2D eigenvalue weighted by Gasteiger charge is 2.25. The van der Waals surface area contributed by atoms with Crippen LogP contribution in [0.4, 0.5) is 8.78 Å². The minimum atomic E-state index is -3.38. The lowest BCUT2D eigenvalue weighted by molar-refractivity contribution is -0.158. The molecule has 0 aliphatic heterocycles. The average molecular weight is 505 g/mol. The SMILES string of the molecule is Cn1c(=O)n(CCCO)c(=O)c2c1nc(-c1cccc(OC(C)(F)F)c1)n2Cc1ccc(Cl)cc1. The topological polar surface area (TPSA) is 91.3 Å². The molecule has 4 rings (SSSR count). The summed E-state index contributed by atoms with van der Waals surface area (Å²) >= 11 is 6.01. The number of aliphatic hydroxyl groups is 1. The smallest absolute Gasteiger partial charge is 0.394 e. The van der Waals surface area contributed by atoms with Crippen LogP contribution in [0.15, 0.2) is 58.1 Å². The van der Waals surface area contributed by atoms with Crippen LogP contribution in [-0.2, 0) is 20.1 Å². The quantitative estimate of drug-likeness (QED) is 0.395. The zero-order valence-electron chi connectivity index (χ0n) is 19.0. The van der Waals surface area contributed by atoms with Crippen LogP contribution in [0, 0.1) is 0 Å². The van der Waals surface area contributed by atoms with Gasteiger partial charge in [-0.05, 0) is 36.2 Å². The van der Waals surface area contributed by atoms with E-state index in [0.29, 0.717) is 23.3 Å². The molecule has 11 heteroatoms. The number of benzene rings is 2. The highest BCUT2D eigenvalue weighted by atomic mass is 35.5. The Labute approximate surface area is 203 Å². The molecule has 0 aliphatic carbocycles. The van der Waals surface area contributed by atoms with Crippen molar-refractivity contribution in [1.29, 1.82) is 0 Å². The van der Waals surface area contributed by atoms with Gasteiger partial charge in [-0.2, -0.15) is 8.78 Å². The number of fused-ring (bicyclic) bond motifs is 1. The van der Waals surface area contributed by atoms with Crippen LogP contribution in [-0.4, -0.2) is 36.5 Å². The molecule has 0 unspecified atom stereocenters. The van der Waals surface area contributed by atoms with E-state index in [9.17, 15) is 23.5 Å². The van der Waals surface area contributed by atoms with Crippen molar-refractivity contribution >= 4 is 22.8 Å². The van der Waals surface area contributed by atoms with Crippen molar-refractivity contribution in [2.75, 3.05) is 6.61 Å². The van der Waals surface area contributed by atoms with Gasteiger partial charge in [-0.25, -0.2) is 9.78 Å². The van der Waals surface area contributed by atoms with Gasteiger partial charge in [0.25, 0.3) is 5.56 Å². The van der Waals surface area contributed by atoms with Gasteiger partial charge in [-0.1, -0.05) is 35.9 Å². The Kier molecular flexibility index (Phi) is 6.77. The lowest BCUT2D eigenvalue weighted by Crippen LogP contribution is -2.39. The lowest BCUT2D eigenvalue weighted by atomic mass is 10.2. The van der Waals surface area contributed by atoms with Crippen molar-refractivity contribution in [2.24, 2.45) is 7.05 Å². The maximum atomic E-state index is 13.5. The summed E-state index contributed by atoms with van der Waals surface area (Å²) in [6.45, 7) is 0.692. The molecule has 0 atom stereocenters. The van der Waals surface area contributed by atoms with E-state index < -0.39 is 17.4 Å². The summed E-state index contributed by atoms with van der Waals surface area (Å²) in [6.07, 6.45) is -3.16. The zero-order valence-corrected chi connectivity index (χ0v) is 19.8. The Morgan fingerprint density at radius 3 is 2.49 bits per heavy atom. The van der Waals surface area contributed by atoms with Crippen LogP contribution in [0.5, 0.6) is 5.75 Å². The summed E-state index contributed by atoms with van der Waals surface area (Å²) in [5, 5.41) is 9.75. The van der Waals surface area contributed by atoms with E-state index in [-0.39, 0.29) is 43.0 Å². The van der Waals surface area contributed by atoms with Gasteiger partial charge in [0.1, 0.15) is 11.6 Å². The van der Waals surface area contributed by atoms with Crippen LogP contribution in [0.2, 0.25) is 5.02 Å². The number of nitrogens with zero attached hydrogens (tertiary/aromatic N) is 4. The van der Waals surface area contributed by atoms with Gasteiger partial charge < -0.3 is 14.4 Å². The molecule has 0 bridgehead atoms. The molecule has 0 spiro atoms. The van der Waals surface area contributed by atoms with Crippen LogP contribution in [0.25, 0.3) is 22.6 Å². The van der Waals surface area contributed by atoms with E-state index in [0.717, 1.165) is 10.1 Å². The average Bonchev–Trinajstić information content (AvgIpc) is 3.18. The standard InChI is InChI=1S/C24H23ClF2N4O4/c1-24(26,27)35-18-6-3-5-16(13-18)20-28-21-19(31(20)14-15-7-9-17(25)10-8-15)22(33)30(11-4-12-32)23(34)29(21)2/h3,5-10,13,32H,4,11-12,14H2,1-2H3. The van der Waals surface area contributed by atoms with E-state index in [1.165, 1.54) is 23.7 Å². The lowest BCUT2D eigenvalue weighted by Gasteiger charge is -2.14. The summed E-state index contributed by atoms with van der Waals surface area (Å²) in [5.74, 6) is 0.223. The molecule has 0 aliphatic rings. The Balaban J connectivity index is 1.98. The summed E-state index contributed by atoms with van der Waals surface area (Å²) < 4.78 is 35.6. The maximum absolute atomic E-state index is 13.5. The minimum absolute atomic E-state index is 0.0360. The minimum Gasteiger partial charge on any atom is -0.433 e. The molecule has 0 radical (unpaired) electrons. The Bertz CT molecular complexity index is 1490. The first-order valence-corrected chi connectivity index (χ1v) is 11.2. The van der Waals surface area contributed by atoms with Crippen molar-refractivity contribution in [3.05, 3.63) is 80.0 Å². The first kappa shape index (κ1) is 24.6. The van der Waals surface area contributed by atoms with E-state index in [1.54, 1.807) is 41.0 Å². The van der Waals surface area contributed by atoms with Gasteiger partial charge in [0, 0.05) is 44.3 Å². The van der Waals surface area contributed by atoms with Gasteiger partial charge in [0.15, 0.2) is 11.2 Å². The second kappa shape index (κ2) is 9.63. The van der Waals surface area contributed by atoms with Crippen LogP contribution < -0.4 is 16.0 Å². The summed E-state index contributed by atoms with van der Waals surface area (Å²) in [5.41, 5.74) is 0.417. The summed E-state index contributed by atoms with van der Waals surface area (Å²) in [6, 6.07) is 13.0. The molecule has 2 heterocycles. The fraction of sp³-hybridized carbons (Fsp3) is 0.292. The van der Waals surface area contributed by atoms with E-state index in [4.69, 9.17) is 16.3 Å². The molecular formula is C24H23ClF2N4O4. The third kappa shape index (κ3) is 5.13. The third-order valence-electron chi connectivity index (χ3n) is 5.42. The summed E-state index contributed by atoms with van der Waals surface area (Å²) in [7, 11) is 1.50. The largest absolute Gasteiger partial charge is 0.433 e. The molecule has 0 saturated heterocycles. The molecule has 0 saturated carbocycles. The van der Waals surface area contributed by atoms with Gasteiger partial charge in [0.2, 0.25) is 0 Å². The van der Waals surface area contributed by atoms with E-state index in [1.807, 2.05) is 0 Å². The van der Waals surface area contributed by atoms with Crippen LogP contribution >= 0.6 is 11.6 Å². The Morgan fingerprint density at radius 2 is 1.83 bits per heavy atom. The first-order valence-electron chi connectivity index (χ1n) is 10.8. The number of halogens is 3. The number of hydrogen-bond donors (Lipinski definition) is 1. The summed E-state index contributed by atoms with van der Waals surface area (Å²) in [4.78, 5) is 30.9. The number of imidazole rings is 1. The molecular weight excluding hydrogens is 482 g/mol. The second-order valence-corrected chi connectivity index (χ2v) is 8.57. The van der Waals surface area contributed by atoms with Crippen molar-refractivity contribution in [2.45, 2.75) is 32.5 Å². The third-order valence-corrected chi connectivity index (χ3v) is 5.67. The molecule has 8 nitrogen and oxygen atoms in total. The normalized spacial score (nSPS) is 11.8. The van der Waals surface area contributed by atoms with E-state index in [2.05, 4.69) is 4.98 Å². The molecule has 0 fully saturated rings. The Morgan fingerprint density at radius 1 is 1.11 bits per heavy atom. The molecule has 35 heavy (non-hydrogen) atoms. The molecule has 0 amide bonds. The van der Waals surface area contributed by atoms with Gasteiger partial charge >= 0.3 is 11.8 Å². The number of alkyl halides is 2. The monoisotopic (exact) mass is 504 g/mol. The number of rotatable bonds is 8. The second-order valence-electron chi connectivity index (χ2n) is 8.13. The maximum Gasteiger partial charge on any atom is 0.394 e. The van der Waals surface area contributed by atoms with E-state index >= 15 is 0 Å². The highest BCUT2D eigenvalue weighted by molar-refractivity contribution is 6.30. The first-order chi connectivity index (χ1) is 16.6. The van der Waals surface area contributed by atoms with Crippen LogP contribution in [0.1, 0.15) is 18.9 Å². The molecule has 184 valence electrons. The van der Waals surface area contributed by atoms with Gasteiger partial charge in [-0.3, -0.25) is 13.9 Å². The zero-order chi connectivity index (χ0) is 25.3. The number of aryl methyl sites for hydroxylation is 1. The van der Waals surface area contributed by atoms with Crippen LogP contribution in [0.3, 0.4) is 0 Å². The molecule has 4 aromatic rings. The fourth-order valence-electron chi connectivity index (χ4n) is 3.85. The van der Waals surface area contributed by atoms with Crippen molar-refractivity contribution < 1.29 is 18.6 Å². The van der Waals surface area contributed by atoms with Crippen molar-refractivity contribution in [1.82, 2.24) is 18.7 Å². The highest BCUT2D eigenvalue weighted by Crippen LogP contribution is 2.29.